The van der Waals surface area contributed by atoms with Crippen molar-refractivity contribution in [2.45, 2.75) is 25.7 Å². The van der Waals surface area contributed by atoms with Gasteiger partial charge in [0, 0.05) is 12.0 Å². The molecule has 2 N–H and O–H groups in total. The van der Waals surface area contributed by atoms with Crippen LogP contribution >= 0.6 is 0 Å². The molecule has 0 fully saturated rings. The van der Waals surface area contributed by atoms with Crippen molar-refractivity contribution in [3.8, 4) is 0 Å². The monoisotopic (exact) mass is 239 g/mol. The maximum atomic E-state index is 6.02. The molecular weight excluding hydrogens is 218 g/mol. The zero-order valence-electron chi connectivity index (χ0n) is 11.2. The summed E-state index contributed by atoms with van der Waals surface area (Å²) in [6.07, 6.45) is 0.981. The predicted molar refractivity (Wildman–Crippen MR) is 77.7 cm³/mol. The summed E-state index contributed by atoms with van der Waals surface area (Å²) in [7, 11) is 0. The highest BCUT2D eigenvalue weighted by molar-refractivity contribution is 5.30. The third-order valence-corrected chi connectivity index (χ3v) is 3.60. The first-order valence-electron chi connectivity index (χ1n) is 6.45. The highest BCUT2D eigenvalue weighted by atomic mass is 14.6. The highest BCUT2D eigenvalue weighted by Crippen LogP contribution is 2.27. The second-order valence-electron chi connectivity index (χ2n) is 5.30. The van der Waals surface area contributed by atoms with E-state index in [9.17, 15) is 0 Å². The molecule has 0 radical (unpaired) electrons. The zero-order chi connectivity index (χ0) is 13.0. The molecule has 0 saturated carbocycles. The van der Waals surface area contributed by atoms with E-state index >= 15 is 0 Å². The Labute approximate surface area is 110 Å². The highest BCUT2D eigenvalue weighted by Gasteiger charge is 2.25. The number of hydrogen-bond acceptors (Lipinski definition) is 1. The fraction of sp³-hybridized carbons (Fsp3) is 0.294. The summed E-state index contributed by atoms with van der Waals surface area (Å²) < 4.78 is 0. The molecular formula is C17H21N. The first-order chi connectivity index (χ1) is 8.64. The van der Waals surface area contributed by atoms with E-state index in [0.29, 0.717) is 6.54 Å². The Morgan fingerprint density at radius 1 is 1.00 bits per heavy atom. The van der Waals surface area contributed by atoms with Gasteiger partial charge in [0.2, 0.25) is 0 Å². The number of nitrogens with two attached hydrogens (primary N) is 1. The van der Waals surface area contributed by atoms with Gasteiger partial charge in [-0.05, 0) is 24.5 Å². The molecule has 1 nitrogen and oxygen atoms in total. The van der Waals surface area contributed by atoms with Crippen LogP contribution in [0.2, 0.25) is 0 Å². The molecule has 0 aliphatic rings. The molecule has 0 spiro atoms. The quantitative estimate of drug-likeness (QED) is 0.869. The lowest BCUT2D eigenvalue weighted by atomic mass is 9.77. The molecule has 2 aromatic rings. The van der Waals surface area contributed by atoms with E-state index in [1.54, 1.807) is 0 Å². The van der Waals surface area contributed by atoms with Crippen LogP contribution in [0.15, 0.2) is 54.6 Å². The number of rotatable bonds is 4. The minimum absolute atomic E-state index is 0.00898. The van der Waals surface area contributed by atoms with Crippen molar-refractivity contribution in [2.75, 3.05) is 6.54 Å². The maximum Gasteiger partial charge on any atom is 0.00876 e. The van der Waals surface area contributed by atoms with Crippen LogP contribution in [0, 0.1) is 6.92 Å². The zero-order valence-corrected chi connectivity index (χ0v) is 11.2. The van der Waals surface area contributed by atoms with E-state index in [2.05, 4.69) is 62.4 Å². The van der Waals surface area contributed by atoms with Gasteiger partial charge in [-0.2, -0.15) is 0 Å². The SMILES string of the molecule is Cc1cccc(CC(C)(CN)c2ccccc2)c1. The molecule has 0 heterocycles. The predicted octanol–water partition coefficient (Wildman–Crippen LogP) is 3.45. The minimum Gasteiger partial charge on any atom is -0.330 e. The van der Waals surface area contributed by atoms with Crippen LogP contribution in [-0.2, 0) is 11.8 Å². The molecule has 2 aromatic carbocycles. The van der Waals surface area contributed by atoms with Crippen LogP contribution in [-0.4, -0.2) is 6.54 Å². The summed E-state index contributed by atoms with van der Waals surface area (Å²) in [5, 5.41) is 0. The Hall–Kier alpha value is -1.60. The molecule has 0 bridgehead atoms. The van der Waals surface area contributed by atoms with E-state index in [4.69, 9.17) is 5.73 Å². The average Bonchev–Trinajstić information content (AvgIpc) is 2.39. The Kier molecular flexibility index (Phi) is 3.83. The smallest absolute Gasteiger partial charge is 0.00876 e. The second-order valence-corrected chi connectivity index (χ2v) is 5.30. The van der Waals surface area contributed by atoms with Crippen molar-refractivity contribution < 1.29 is 0 Å². The third kappa shape index (κ3) is 2.80. The lowest BCUT2D eigenvalue weighted by Crippen LogP contribution is -2.34. The first-order valence-corrected chi connectivity index (χ1v) is 6.45. The summed E-state index contributed by atoms with van der Waals surface area (Å²) in [6, 6.07) is 19.2. The third-order valence-electron chi connectivity index (χ3n) is 3.60. The van der Waals surface area contributed by atoms with Crippen molar-refractivity contribution in [1.29, 1.82) is 0 Å². The standard InChI is InChI=1S/C17H21N/c1-14-7-6-8-15(11-14)12-17(2,13-18)16-9-4-3-5-10-16/h3-11H,12-13,18H2,1-2H3. The molecule has 18 heavy (non-hydrogen) atoms. The summed E-state index contributed by atoms with van der Waals surface area (Å²) >= 11 is 0. The van der Waals surface area contributed by atoms with Gasteiger partial charge in [0.25, 0.3) is 0 Å². The molecule has 0 amide bonds. The number of hydrogen-bond donors (Lipinski definition) is 1. The van der Waals surface area contributed by atoms with Crippen LogP contribution in [0.1, 0.15) is 23.6 Å². The number of benzene rings is 2. The average molecular weight is 239 g/mol. The van der Waals surface area contributed by atoms with E-state index < -0.39 is 0 Å². The van der Waals surface area contributed by atoms with Crippen LogP contribution < -0.4 is 5.73 Å². The fourth-order valence-corrected chi connectivity index (χ4v) is 2.41. The largest absolute Gasteiger partial charge is 0.330 e. The van der Waals surface area contributed by atoms with Gasteiger partial charge in [-0.25, -0.2) is 0 Å². The Balaban J connectivity index is 2.29. The van der Waals surface area contributed by atoms with Gasteiger partial charge in [-0.1, -0.05) is 67.1 Å². The van der Waals surface area contributed by atoms with E-state index in [1.807, 2.05) is 6.07 Å². The van der Waals surface area contributed by atoms with Gasteiger partial charge in [0.1, 0.15) is 0 Å². The van der Waals surface area contributed by atoms with Crippen molar-refractivity contribution in [2.24, 2.45) is 5.73 Å². The van der Waals surface area contributed by atoms with Crippen molar-refractivity contribution in [3.63, 3.8) is 0 Å². The van der Waals surface area contributed by atoms with Gasteiger partial charge >= 0.3 is 0 Å². The van der Waals surface area contributed by atoms with Crippen molar-refractivity contribution in [1.82, 2.24) is 0 Å². The summed E-state index contributed by atoms with van der Waals surface area (Å²) in [6.45, 7) is 5.03. The summed E-state index contributed by atoms with van der Waals surface area (Å²) in [5.41, 5.74) is 10.0. The molecule has 0 saturated heterocycles. The van der Waals surface area contributed by atoms with Gasteiger partial charge < -0.3 is 5.73 Å². The Bertz CT molecular complexity index is 504. The fourth-order valence-electron chi connectivity index (χ4n) is 2.41. The van der Waals surface area contributed by atoms with E-state index in [1.165, 1.54) is 16.7 Å². The lowest BCUT2D eigenvalue weighted by Gasteiger charge is -2.29. The van der Waals surface area contributed by atoms with Crippen LogP contribution in [0.25, 0.3) is 0 Å². The summed E-state index contributed by atoms with van der Waals surface area (Å²) in [5.74, 6) is 0. The van der Waals surface area contributed by atoms with E-state index in [0.717, 1.165) is 6.42 Å². The normalized spacial score (nSPS) is 14.2. The van der Waals surface area contributed by atoms with Crippen molar-refractivity contribution in [3.05, 3.63) is 71.3 Å². The Morgan fingerprint density at radius 2 is 1.72 bits per heavy atom. The minimum atomic E-state index is 0.00898. The van der Waals surface area contributed by atoms with Gasteiger partial charge in [0.15, 0.2) is 0 Å². The van der Waals surface area contributed by atoms with Crippen LogP contribution in [0.5, 0.6) is 0 Å². The van der Waals surface area contributed by atoms with Gasteiger partial charge in [-0.3, -0.25) is 0 Å². The van der Waals surface area contributed by atoms with Crippen LogP contribution in [0.4, 0.5) is 0 Å². The maximum absolute atomic E-state index is 6.02. The van der Waals surface area contributed by atoms with Crippen LogP contribution in [0.3, 0.4) is 0 Å². The Morgan fingerprint density at radius 3 is 2.33 bits per heavy atom. The molecule has 0 aliphatic heterocycles. The van der Waals surface area contributed by atoms with E-state index in [-0.39, 0.29) is 5.41 Å². The molecule has 1 atom stereocenters. The first kappa shape index (κ1) is 12.8. The topological polar surface area (TPSA) is 26.0 Å². The molecule has 1 heteroatoms. The molecule has 94 valence electrons. The molecule has 0 aromatic heterocycles. The molecule has 1 unspecified atom stereocenters. The molecule has 2 rings (SSSR count). The number of aryl methyl sites for hydroxylation is 1. The lowest BCUT2D eigenvalue weighted by molar-refractivity contribution is 0.481. The van der Waals surface area contributed by atoms with Crippen molar-refractivity contribution >= 4 is 0 Å². The van der Waals surface area contributed by atoms with Gasteiger partial charge in [0.05, 0.1) is 0 Å². The molecule has 0 aliphatic carbocycles. The summed E-state index contributed by atoms with van der Waals surface area (Å²) in [4.78, 5) is 0. The second kappa shape index (κ2) is 5.36. The van der Waals surface area contributed by atoms with Gasteiger partial charge in [-0.15, -0.1) is 0 Å².